The molecule has 0 aromatic heterocycles. The van der Waals surface area contributed by atoms with Gasteiger partial charge in [-0.1, -0.05) is 0 Å². The highest BCUT2D eigenvalue weighted by atomic mass is 16.6. The molecule has 0 radical (unpaired) electrons. The third-order valence-corrected chi connectivity index (χ3v) is 5.98. The van der Waals surface area contributed by atoms with E-state index in [4.69, 9.17) is 0 Å². The number of amides is 3. The third kappa shape index (κ3) is 4.81. The molecule has 13 heteroatoms. The van der Waals surface area contributed by atoms with Crippen molar-refractivity contribution < 1.29 is 24.2 Å². The van der Waals surface area contributed by atoms with Gasteiger partial charge in [0.15, 0.2) is 0 Å². The van der Waals surface area contributed by atoms with Crippen LogP contribution in [0.15, 0.2) is 23.3 Å². The standard InChI is InChI=1S/C20H24N6O7/c1-3-23(4-2)18(27)11-24-19(28)14-7-5-12(9-15(14)20(24)29)21-22-16-8-6-13(25(30)31)10-17(16)26(32)33/h6,8,10,14-15,22H,3-5,7,9,11H2,1-2H3. The predicted octanol–water partition coefficient (Wildman–Crippen LogP) is 1.92. The van der Waals surface area contributed by atoms with Crippen molar-refractivity contribution in [3.8, 4) is 0 Å². The number of carbonyl (C=O) groups excluding carboxylic acids is 3. The average molecular weight is 460 g/mol. The highest BCUT2D eigenvalue weighted by molar-refractivity contribution is 6.09. The summed E-state index contributed by atoms with van der Waals surface area (Å²) in [4.78, 5) is 61.2. The number of benzene rings is 1. The van der Waals surface area contributed by atoms with E-state index in [-0.39, 0.29) is 30.5 Å². The van der Waals surface area contributed by atoms with Crippen molar-refractivity contribution in [3.63, 3.8) is 0 Å². The Kier molecular flexibility index (Phi) is 6.99. The van der Waals surface area contributed by atoms with E-state index in [0.717, 1.165) is 17.0 Å². The SMILES string of the molecule is CCN(CC)C(=O)CN1C(=O)C2CCC(=NNc3ccc([N+](=O)[O-])cc3[N+](=O)[O-])CC2C1=O. The van der Waals surface area contributed by atoms with E-state index >= 15 is 0 Å². The molecule has 0 bridgehead atoms. The summed E-state index contributed by atoms with van der Waals surface area (Å²) in [7, 11) is 0. The van der Waals surface area contributed by atoms with Gasteiger partial charge in [-0.25, -0.2) is 0 Å². The summed E-state index contributed by atoms with van der Waals surface area (Å²) in [6, 6.07) is 3.15. The number of nitro groups is 2. The highest BCUT2D eigenvalue weighted by Gasteiger charge is 2.50. The van der Waals surface area contributed by atoms with Gasteiger partial charge in [-0.05, 0) is 39.2 Å². The molecule has 3 amide bonds. The number of rotatable bonds is 8. The lowest BCUT2D eigenvalue weighted by Gasteiger charge is -2.22. The summed E-state index contributed by atoms with van der Waals surface area (Å²) >= 11 is 0. The Labute approximate surface area is 188 Å². The number of hydrogen-bond acceptors (Lipinski definition) is 9. The zero-order chi connectivity index (χ0) is 24.3. The zero-order valence-electron chi connectivity index (χ0n) is 18.2. The fourth-order valence-corrected chi connectivity index (χ4v) is 4.17. The van der Waals surface area contributed by atoms with E-state index in [1.165, 1.54) is 6.07 Å². The minimum atomic E-state index is -0.754. The van der Waals surface area contributed by atoms with Crippen LogP contribution in [0, 0.1) is 32.1 Å². The van der Waals surface area contributed by atoms with Crippen molar-refractivity contribution in [1.29, 1.82) is 0 Å². The van der Waals surface area contributed by atoms with Crippen LogP contribution < -0.4 is 5.43 Å². The molecule has 2 aliphatic rings. The largest absolute Gasteiger partial charge is 0.342 e. The number of likely N-dealkylation sites (N-methyl/N-ethyl adjacent to an activating group) is 1. The van der Waals surface area contributed by atoms with Crippen molar-refractivity contribution in [3.05, 3.63) is 38.4 Å². The van der Waals surface area contributed by atoms with E-state index in [9.17, 15) is 34.6 Å². The number of fused-ring (bicyclic) bond motifs is 1. The second-order valence-electron chi connectivity index (χ2n) is 7.79. The van der Waals surface area contributed by atoms with Crippen LogP contribution in [0.25, 0.3) is 0 Å². The van der Waals surface area contributed by atoms with Gasteiger partial charge in [0.05, 0.1) is 27.7 Å². The van der Waals surface area contributed by atoms with Gasteiger partial charge in [-0.15, -0.1) is 0 Å². The number of anilines is 1. The summed E-state index contributed by atoms with van der Waals surface area (Å²) in [6.45, 7) is 4.32. The topological polar surface area (TPSA) is 168 Å². The van der Waals surface area contributed by atoms with Crippen LogP contribution in [0.5, 0.6) is 0 Å². The molecule has 2 atom stereocenters. The Hall–Kier alpha value is -3.90. The quantitative estimate of drug-likeness (QED) is 0.348. The highest BCUT2D eigenvalue weighted by Crippen LogP contribution is 2.37. The lowest BCUT2D eigenvalue weighted by molar-refractivity contribution is -0.393. The first kappa shape index (κ1) is 23.8. The first-order valence-electron chi connectivity index (χ1n) is 10.5. The Morgan fingerprint density at radius 3 is 2.42 bits per heavy atom. The van der Waals surface area contributed by atoms with E-state index in [0.29, 0.717) is 31.6 Å². The molecule has 3 rings (SSSR count). The van der Waals surface area contributed by atoms with Crippen molar-refractivity contribution in [2.75, 3.05) is 25.1 Å². The Morgan fingerprint density at radius 1 is 1.15 bits per heavy atom. The number of imide groups is 1. The van der Waals surface area contributed by atoms with Crippen LogP contribution in [0.3, 0.4) is 0 Å². The number of nitrogens with one attached hydrogen (secondary N) is 1. The van der Waals surface area contributed by atoms with Crippen LogP contribution in [0.1, 0.15) is 33.1 Å². The van der Waals surface area contributed by atoms with Gasteiger partial charge in [0.1, 0.15) is 12.2 Å². The van der Waals surface area contributed by atoms with Gasteiger partial charge in [0.2, 0.25) is 17.7 Å². The van der Waals surface area contributed by atoms with Crippen LogP contribution in [0.2, 0.25) is 0 Å². The molecule has 1 aromatic rings. The number of hydrazone groups is 1. The lowest BCUT2D eigenvalue weighted by atomic mass is 9.80. The lowest BCUT2D eigenvalue weighted by Crippen LogP contribution is -2.43. The van der Waals surface area contributed by atoms with E-state index in [1.807, 2.05) is 13.8 Å². The number of non-ortho nitro benzene ring substituents is 1. The summed E-state index contributed by atoms with van der Waals surface area (Å²) in [5, 5.41) is 26.3. The molecular formula is C20H24N6O7. The van der Waals surface area contributed by atoms with Crippen molar-refractivity contribution in [2.45, 2.75) is 33.1 Å². The molecule has 1 aromatic carbocycles. The van der Waals surface area contributed by atoms with Gasteiger partial charge < -0.3 is 4.90 Å². The van der Waals surface area contributed by atoms with Crippen molar-refractivity contribution in [2.24, 2.45) is 16.9 Å². The number of nitro benzene ring substituents is 2. The summed E-state index contributed by atoms with van der Waals surface area (Å²) in [6.07, 6.45) is 0.943. The van der Waals surface area contributed by atoms with E-state index < -0.39 is 39.0 Å². The molecule has 13 nitrogen and oxygen atoms in total. The first-order chi connectivity index (χ1) is 15.7. The van der Waals surface area contributed by atoms with Crippen molar-refractivity contribution >= 4 is 40.5 Å². The summed E-state index contributed by atoms with van der Waals surface area (Å²) < 4.78 is 0. The Morgan fingerprint density at radius 2 is 1.82 bits per heavy atom. The van der Waals surface area contributed by atoms with Crippen LogP contribution >= 0.6 is 0 Å². The second kappa shape index (κ2) is 9.71. The maximum absolute atomic E-state index is 12.9. The molecule has 176 valence electrons. The van der Waals surface area contributed by atoms with E-state index in [1.54, 1.807) is 4.90 Å². The van der Waals surface area contributed by atoms with Gasteiger partial charge in [0.25, 0.3) is 5.69 Å². The molecule has 1 saturated carbocycles. The van der Waals surface area contributed by atoms with Crippen molar-refractivity contribution in [1.82, 2.24) is 9.80 Å². The minimum absolute atomic E-state index is 0.0273. The number of likely N-dealkylation sites (tertiary alicyclic amines) is 1. The normalized spacial score (nSPS) is 21.2. The Balaban J connectivity index is 1.72. The molecule has 1 N–H and O–H groups in total. The molecule has 1 aliphatic heterocycles. The molecule has 0 spiro atoms. The molecule has 2 unspecified atom stereocenters. The van der Waals surface area contributed by atoms with Crippen LogP contribution in [0.4, 0.5) is 17.1 Å². The van der Waals surface area contributed by atoms with Gasteiger partial charge >= 0.3 is 5.69 Å². The van der Waals surface area contributed by atoms with Crippen LogP contribution in [-0.2, 0) is 14.4 Å². The molecule has 2 fully saturated rings. The predicted molar refractivity (Wildman–Crippen MR) is 116 cm³/mol. The number of nitrogens with zero attached hydrogens (tertiary/aromatic N) is 5. The fourth-order valence-electron chi connectivity index (χ4n) is 4.17. The van der Waals surface area contributed by atoms with Crippen LogP contribution in [-0.4, -0.2) is 62.7 Å². The maximum atomic E-state index is 12.9. The maximum Gasteiger partial charge on any atom is 0.301 e. The fraction of sp³-hybridized carbons (Fsp3) is 0.500. The molecule has 1 heterocycles. The first-order valence-corrected chi connectivity index (χ1v) is 10.5. The molecular weight excluding hydrogens is 436 g/mol. The molecule has 33 heavy (non-hydrogen) atoms. The summed E-state index contributed by atoms with van der Waals surface area (Å²) in [5.41, 5.74) is 2.15. The molecule has 1 saturated heterocycles. The van der Waals surface area contributed by atoms with Gasteiger partial charge in [0, 0.05) is 24.9 Å². The second-order valence-corrected chi connectivity index (χ2v) is 7.79. The monoisotopic (exact) mass is 460 g/mol. The van der Waals surface area contributed by atoms with Gasteiger partial charge in [-0.3, -0.25) is 44.9 Å². The minimum Gasteiger partial charge on any atom is -0.342 e. The van der Waals surface area contributed by atoms with E-state index in [2.05, 4.69) is 10.5 Å². The Bertz CT molecular complexity index is 1040. The number of carbonyl (C=O) groups is 3. The van der Waals surface area contributed by atoms with Gasteiger partial charge in [-0.2, -0.15) is 5.10 Å². The third-order valence-electron chi connectivity index (χ3n) is 5.98. The smallest absolute Gasteiger partial charge is 0.301 e. The molecule has 1 aliphatic carbocycles. The average Bonchev–Trinajstić information content (AvgIpc) is 3.02. The summed E-state index contributed by atoms with van der Waals surface area (Å²) in [5.74, 6) is -2.22. The number of hydrogen-bond donors (Lipinski definition) is 1. The zero-order valence-corrected chi connectivity index (χ0v) is 18.2.